The van der Waals surface area contributed by atoms with Crippen LogP contribution in [-0.4, -0.2) is 12.0 Å². The van der Waals surface area contributed by atoms with Crippen molar-refractivity contribution in [3.8, 4) is 0 Å². The Hall–Kier alpha value is -0.280. The third-order valence-electron chi connectivity index (χ3n) is 1.06. The number of carbonyl (C=O) groups is 1. The molecule has 0 amide bonds. The van der Waals surface area contributed by atoms with Crippen LogP contribution in [0.25, 0.3) is 0 Å². The van der Waals surface area contributed by atoms with Crippen LogP contribution in [0, 0.1) is 0 Å². The maximum atomic E-state index is 10.4. The lowest BCUT2D eigenvalue weighted by molar-refractivity contribution is 0.112. The smallest absolute Gasteiger partial charge is 0.161 e. The highest BCUT2D eigenvalue weighted by atomic mass is 32.2. The third kappa shape index (κ3) is 1.61. The number of aldehydes is 1. The Morgan fingerprint density at radius 3 is 3.20 bits per heavy atom. The lowest BCUT2D eigenvalue weighted by Crippen LogP contribution is -1.74. The Balaban J connectivity index is 2.79. The van der Waals surface area contributed by atoms with Gasteiger partial charge >= 0.3 is 0 Å². The first-order chi connectivity index (χ1) is 4.88. The van der Waals surface area contributed by atoms with Crippen LogP contribution >= 0.6 is 23.1 Å². The normalized spacial score (nSPS) is 9.70. The molecule has 0 N–H and O–H groups in total. The fraction of sp³-hybridized carbons (Fsp3) is 0.286. The van der Waals surface area contributed by atoms with Crippen molar-refractivity contribution in [3.63, 3.8) is 0 Å². The minimum Gasteiger partial charge on any atom is -0.297 e. The highest BCUT2D eigenvalue weighted by Gasteiger charge is 2.00. The number of thiophene rings is 1. The first kappa shape index (κ1) is 7.82. The van der Waals surface area contributed by atoms with Gasteiger partial charge in [0, 0.05) is 4.90 Å². The zero-order valence-electron chi connectivity index (χ0n) is 5.66. The van der Waals surface area contributed by atoms with Gasteiger partial charge in [-0.2, -0.15) is 0 Å². The Bertz CT molecular complexity index is 217. The van der Waals surface area contributed by atoms with Crippen LogP contribution < -0.4 is 0 Å². The van der Waals surface area contributed by atoms with Crippen LogP contribution in [0.15, 0.2) is 16.3 Å². The average molecular weight is 172 g/mol. The molecule has 1 aromatic rings. The summed E-state index contributed by atoms with van der Waals surface area (Å²) in [7, 11) is 0. The van der Waals surface area contributed by atoms with Gasteiger partial charge in [-0.25, -0.2) is 0 Å². The molecule has 0 bridgehead atoms. The zero-order valence-corrected chi connectivity index (χ0v) is 7.30. The number of thioether (sulfide) groups is 1. The number of carbonyl (C=O) groups excluding carboxylic acids is 1. The molecule has 1 heterocycles. The molecule has 10 heavy (non-hydrogen) atoms. The number of hydrogen-bond acceptors (Lipinski definition) is 3. The summed E-state index contributed by atoms with van der Waals surface area (Å²) in [5.41, 5.74) is 0. The molecule has 0 saturated carbocycles. The van der Waals surface area contributed by atoms with Crippen molar-refractivity contribution in [3.05, 3.63) is 16.3 Å². The lowest BCUT2D eigenvalue weighted by atomic mass is 10.5. The summed E-state index contributed by atoms with van der Waals surface area (Å²) < 4.78 is 0. The predicted octanol–water partition coefficient (Wildman–Crippen LogP) is 2.67. The van der Waals surface area contributed by atoms with Gasteiger partial charge in [0.15, 0.2) is 6.29 Å². The van der Waals surface area contributed by atoms with Crippen molar-refractivity contribution in [2.75, 3.05) is 5.75 Å². The van der Waals surface area contributed by atoms with Gasteiger partial charge in [-0.05, 0) is 17.2 Å². The molecule has 3 heteroatoms. The van der Waals surface area contributed by atoms with E-state index in [-0.39, 0.29) is 0 Å². The summed E-state index contributed by atoms with van der Waals surface area (Å²) in [6.07, 6.45) is 0.919. The molecule has 1 aromatic heterocycles. The molecular weight excluding hydrogens is 164 g/mol. The molecule has 0 fully saturated rings. The maximum absolute atomic E-state index is 10.4. The van der Waals surface area contributed by atoms with Crippen molar-refractivity contribution < 1.29 is 4.79 Å². The van der Waals surface area contributed by atoms with E-state index in [4.69, 9.17) is 0 Å². The summed E-state index contributed by atoms with van der Waals surface area (Å²) in [5, 5.41) is 1.95. The van der Waals surface area contributed by atoms with E-state index in [1.54, 1.807) is 11.8 Å². The molecule has 0 aromatic carbocycles. The first-order valence-corrected chi connectivity index (χ1v) is 4.90. The Morgan fingerprint density at radius 1 is 1.80 bits per heavy atom. The van der Waals surface area contributed by atoms with Crippen molar-refractivity contribution >= 4 is 29.4 Å². The molecule has 0 unspecified atom stereocenters. The highest BCUT2D eigenvalue weighted by molar-refractivity contribution is 7.99. The van der Waals surface area contributed by atoms with E-state index in [1.165, 1.54) is 11.3 Å². The molecule has 0 aliphatic rings. The van der Waals surface area contributed by atoms with Crippen LogP contribution in [0.3, 0.4) is 0 Å². The van der Waals surface area contributed by atoms with E-state index >= 15 is 0 Å². The molecule has 0 atom stereocenters. The molecule has 54 valence electrons. The van der Waals surface area contributed by atoms with E-state index in [9.17, 15) is 4.79 Å². The van der Waals surface area contributed by atoms with E-state index in [2.05, 4.69) is 6.92 Å². The third-order valence-corrected chi connectivity index (χ3v) is 2.99. The average Bonchev–Trinajstić information content (AvgIpc) is 2.36. The summed E-state index contributed by atoms with van der Waals surface area (Å²) in [4.78, 5) is 12.3. The van der Waals surface area contributed by atoms with Crippen molar-refractivity contribution in [2.45, 2.75) is 11.8 Å². The fourth-order valence-electron chi connectivity index (χ4n) is 0.670. The number of hydrogen-bond donors (Lipinski definition) is 0. The molecule has 0 radical (unpaired) electrons. The van der Waals surface area contributed by atoms with Crippen molar-refractivity contribution in [1.29, 1.82) is 0 Å². The van der Waals surface area contributed by atoms with Gasteiger partial charge < -0.3 is 0 Å². The minimum absolute atomic E-state index is 0.854. The van der Waals surface area contributed by atoms with E-state index in [0.717, 1.165) is 21.8 Å². The van der Waals surface area contributed by atoms with E-state index < -0.39 is 0 Å². The summed E-state index contributed by atoms with van der Waals surface area (Å²) in [5.74, 6) is 1.03. The molecular formula is C7H8OS2. The van der Waals surface area contributed by atoms with Gasteiger partial charge in [0.25, 0.3) is 0 Å². The highest BCUT2D eigenvalue weighted by Crippen LogP contribution is 2.25. The van der Waals surface area contributed by atoms with Crippen LogP contribution in [0.4, 0.5) is 0 Å². The molecule has 0 spiro atoms. The summed E-state index contributed by atoms with van der Waals surface area (Å²) in [6.45, 7) is 2.08. The largest absolute Gasteiger partial charge is 0.297 e. The monoisotopic (exact) mass is 172 g/mol. The predicted molar refractivity (Wildman–Crippen MR) is 46.1 cm³/mol. The second kappa shape index (κ2) is 3.78. The van der Waals surface area contributed by atoms with Gasteiger partial charge in [0.05, 0.1) is 4.88 Å². The Labute approximate surface area is 68.5 Å². The fourth-order valence-corrected chi connectivity index (χ4v) is 2.33. The molecule has 0 aliphatic carbocycles. The molecule has 0 saturated heterocycles. The SMILES string of the molecule is CCSc1ccsc1C=O. The van der Waals surface area contributed by atoms with Gasteiger partial charge in [-0.3, -0.25) is 4.79 Å². The van der Waals surface area contributed by atoms with Gasteiger partial charge in [-0.15, -0.1) is 23.1 Å². The van der Waals surface area contributed by atoms with Gasteiger partial charge in [0.2, 0.25) is 0 Å². The van der Waals surface area contributed by atoms with Gasteiger partial charge in [0.1, 0.15) is 0 Å². The molecule has 1 nitrogen and oxygen atoms in total. The topological polar surface area (TPSA) is 17.1 Å². The minimum atomic E-state index is 0.854. The Kier molecular flexibility index (Phi) is 2.96. The van der Waals surface area contributed by atoms with Crippen molar-refractivity contribution in [1.82, 2.24) is 0 Å². The second-order valence-corrected chi connectivity index (χ2v) is 3.95. The first-order valence-electron chi connectivity index (χ1n) is 3.04. The van der Waals surface area contributed by atoms with Crippen LogP contribution in [0.2, 0.25) is 0 Å². The van der Waals surface area contributed by atoms with E-state index in [1.807, 2.05) is 11.4 Å². The molecule has 1 rings (SSSR count). The maximum Gasteiger partial charge on any atom is 0.161 e. The summed E-state index contributed by atoms with van der Waals surface area (Å²) in [6, 6.07) is 1.99. The zero-order chi connectivity index (χ0) is 7.40. The van der Waals surface area contributed by atoms with Crippen LogP contribution in [0.1, 0.15) is 16.6 Å². The Morgan fingerprint density at radius 2 is 2.60 bits per heavy atom. The second-order valence-electron chi connectivity index (χ2n) is 1.70. The van der Waals surface area contributed by atoms with Gasteiger partial charge in [-0.1, -0.05) is 6.92 Å². The molecule has 0 aliphatic heterocycles. The van der Waals surface area contributed by atoms with Crippen LogP contribution in [0.5, 0.6) is 0 Å². The van der Waals surface area contributed by atoms with Crippen LogP contribution in [-0.2, 0) is 0 Å². The van der Waals surface area contributed by atoms with E-state index in [0.29, 0.717) is 0 Å². The number of rotatable bonds is 3. The quantitative estimate of drug-likeness (QED) is 0.515. The summed E-state index contributed by atoms with van der Waals surface area (Å²) >= 11 is 3.21. The van der Waals surface area contributed by atoms with Crippen molar-refractivity contribution in [2.24, 2.45) is 0 Å². The lowest BCUT2D eigenvalue weighted by Gasteiger charge is -1.91. The standard InChI is InChI=1S/C7H8OS2/c1-2-9-6-3-4-10-7(6)5-8/h3-5H,2H2,1H3.